The topological polar surface area (TPSA) is 85.9 Å². The molecule has 1 aliphatic carbocycles. The molecule has 7 heteroatoms. The molecule has 7 nitrogen and oxygen atoms in total. The molecule has 2 aromatic rings. The second-order valence-corrected chi connectivity index (χ2v) is 7.24. The van der Waals surface area contributed by atoms with Crippen LogP contribution in [0.15, 0.2) is 30.3 Å². The molecule has 0 saturated heterocycles. The number of nitrogens with one attached hydrogen (secondary N) is 2. The lowest BCUT2D eigenvalue weighted by atomic mass is 10.0. The van der Waals surface area contributed by atoms with Crippen LogP contribution in [-0.4, -0.2) is 31.6 Å². The predicted octanol–water partition coefficient (Wildman–Crippen LogP) is 3.38. The van der Waals surface area contributed by atoms with Crippen molar-refractivity contribution in [3.05, 3.63) is 52.6 Å². The van der Waals surface area contributed by atoms with Gasteiger partial charge < -0.3 is 14.2 Å². The Morgan fingerprint density at radius 2 is 1.48 bits per heavy atom. The first kappa shape index (κ1) is 22.5. The van der Waals surface area contributed by atoms with Crippen LogP contribution >= 0.6 is 0 Å². The number of benzene rings is 2. The van der Waals surface area contributed by atoms with Crippen LogP contribution < -0.4 is 25.1 Å². The Bertz CT molecular complexity index is 915. The van der Waals surface area contributed by atoms with Crippen molar-refractivity contribution < 1.29 is 23.8 Å². The van der Waals surface area contributed by atoms with E-state index in [-0.39, 0.29) is 12.3 Å². The summed E-state index contributed by atoms with van der Waals surface area (Å²) in [6.07, 6.45) is 3.53. The summed E-state index contributed by atoms with van der Waals surface area (Å²) in [5, 5.41) is 0. The van der Waals surface area contributed by atoms with Gasteiger partial charge in [-0.1, -0.05) is 18.2 Å². The van der Waals surface area contributed by atoms with Crippen LogP contribution in [-0.2, 0) is 24.1 Å². The van der Waals surface area contributed by atoms with E-state index >= 15 is 0 Å². The molecule has 3 rings (SSSR count). The molecule has 31 heavy (non-hydrogen) atoms. The van der Waals surface area contributed by atoms with Crippen LogP contribution in [0.1, 0.15) is 54.2 Å². The first-order valence-corrected chi connectivity index (χ1v) is 10.8. The minimum atomic E-state index is -0.466. The number of carbonyl (C=O) groups excluding carboxylic acids is 2. The fraction of sp³-hybridized carbons (Fsp3) is 0.417. The lowest BCUT2D eigenvalue weighted by Crippen LogP contribution is -2.42. The summed E-state index contributed by atoms with van der Waals surface area (Å²) in [6, 6.07) is 9.31. The molecule has 0 bridgehead atoms. The smallest absolute Gasteiger partial charge is 0.269 e. The first-order chi connectivity index (χ1) is 15.0. The summed E-state index contributed by atoms with van der Waals surface area (Å²) in [6.45, 7) is 6.82. The maximum absolute atomic E-state index is 12.7. The second-order valence-electron chi connectivity index (χ2n) is 7.24. The molecule has 166 valence electrons. The maximum Gasteiger partial charge on any atom is 0.269 e. The summed E-state index contributed by atoms with van der Waals surface area (Å²) in [5.74, 6) is 0.554. The van der Waals surface area contributed by atoms with E-state index in [0.29, 0.717) is 42.6 Å². The van der Waals surface area contributed by atoms with Gasteiger partial charge >= 0.3 is 0 Å². The van der Waals surface area contributed by atoms with Gasteiger partial charge in [0.1, 0.15) is 0 Å². The van der Waals surface area contributed by atoms with E-state index < -0.39 is 5.91 Å². The monoisotopic (exact) mass is 426 g/mol. The minimum Gasteiger partial charge on any atom is -0.490 e. The maximum atomic E-state index is 12.7. The van der Waals surface area contributed by atoms with Crippen LogP contribution in [0.3, 0.4) is 0 Å². The summed E-state index contributed by atoms with van der Waals surface area (Å²) in [5.41, 5.74) is 8.87. The Morgan fingerprint density at radius 1 is 0.839 bits per heavy atom. The summed E-state index contributed by atoms with van der Waals surface area (Å²) in [7, 11) is 0. The molecule has 2 amide bonds. The molecule has 1 aliphatic rings. The predicted molar refractivity (Wildman–Crippen MR) is 118 cm³/mol. The van der Waals surface area contributed by atoms with Crippen molar-refractivity contribution in [1.29, 1.82) is 0 Å². The highest BCUT2D eigenvalue weighted by molar-refractivity contribution is 5.96. The molecule has 0 atom stereocenters. The van der Waals surface area contributed by atoms with Crippen LogP contribution in [0.25, 0.3) is 0 Å². The molecule has 0 saturated carbocycles. The Balaban J connectivity index is 1.66. The largest absolute Gasteiger partial charge is 0.490 e. The standard InChI is InChI=1S/C24H30N2O5/c1-4-29-20-14-19(15-21(30-5-2)23(20)31-6-3)24(28)26-25-22(27)13-16-10-11-17-8-7-9-18(17)12-16/h10-12,14-15H,4-9,13H2,1-3H3,(H,25,27)(H,26,28). The fourth-order valence-corrected chi connectivity index (χ4v) is 3.68. The molecule has 0 heterocycles. The molecule has 0 spiro atoms. The van der Waals surface area contributed by atoms with Gasteiger partial charge in [0.2, 0.25) is 11.7 Å². The van der Waals surface area contributed by atoms with E-state index in [1.807, 2.05) is 26.8 Å². The number of hydrazine groups is 1. The molecular formula is C24H30N2O5. The first-order valence-electron chi connectivity index (χ1n) is 10.8. The molecule has 0 fully saturated rings. The van der Waals surface area contributed by atoms with Gasteiger partial charge in [-0.15, -0.1) is 0 Å². The van der Waals surface area contributed by atoms with Crippen molar-refractivity contribution >= 4 is 11.8 Å². The van der Waals surface area contributed by atoms with Crippen molar-refractivity contribution in [1.82, 2.24) is 10.9 Å². The number of ether oxygens (including phenoxy) is 3. The third kappa shape index (κ3) is 5.69. The zero-order valence-electron chi connectivity index (χ0n) is 18.4. The zero-order valence-corrected chi connectivity index (χ0v) is 18.4. The normalized spacial score (nSPS) is 12.1. The number of aryl methyl sites for hydroxylation is 2. The van der Waals surface area contributed by atoms with Crippen LogP contribution in [0.4, 0.5) is 0 Å². The van der Waals surface area contributed by atoms with E-state index in [4.69, 9.17) is 14.2 Å². The molecule has 2 aromatic carbocycles. The fourth-order valence-electron chi connectivity index (χ4n) is 3.68. The number of hydrogen-bond donors (Lipinski definition) is 2. The van der Waals surface area contributed by atoms with Crippen LogP contribution in [0.2, 0.25) is 0 Å². The quantitative estimate of drug-likeness (QED) is 0.601. The minimum absolute atomic E-state index is 0.200. The third-order valence-corrected chi connectivity index (χ3v) is 5.01. The zero-order chi connectivity index (χ0) is 22.2. The van der Waals surface area contributed by atoms with Crippen molar-refractivity contribution in [2.45, 2.75) is 46.5 Å². The van der Waals surface area contributed by atoms with Gasteiger partial charge in [0.15, 0.2) is 11.5 Å². The summed E-state index contributed by atoms with van der Waals surface area (Å²) < 4.78 is 16.9. The van der Waals surface area contributed by atoms with E-state index in [1.165, 1.54) is 11.1 Å². The molecule has 0 aromatic heterocycles. The van der Waals surface area contributed by atoms with Crippen LogP contribution in [0, 0.1) is 0 Å². The highest BCUT2D eigenvalue weighted by Crippen LogP contribution is 2.39. The highest BCUT2D eigenvalue weighted by Gasteiger charge is 2.19. The Morgan fingerprint density at radius 3 is 2.13 bits per heavy atom. The number of hydrogen-bond acceptors (Lipinski definition) is 5. The summed E-state index contributed by atoms with van der Waals surface area (Å²) in [4.78, 5) is 25.0. The van der Waals surface area contributed by atoms with Gasteiger partial charge in [-0.3, -0.25) is 20.4 Å². The van der Waals surface area contributed by atoms with Gasteiger partial charge in [0.25, 0.3) is 5.91 Å². The number of amides is 2. The van der Waals surface area contributed by atoms with Gasteiger partial charge in [0.05, 0.1) is 26.2 Å². The summed E-state index contributed by atoms with van der Waals surface area (Å²) >= 11 is 0. The lowest BCUT2D eigenvalue weighted by molar-refractivity contribution is -0.121. The number of carbonyl (C=O) groups is 2. The van der Waals surface area contributed by atoms with E-state index in [1.54, 1.807) is 12.1 Å². The number of fused-ring (bicyclic) bond motifs is 1. The molecule has 2 N–H and O–H groups in total. The molecule has 0 radical (unpaired) electrons. The average molecular weight is 427 g/mol. The molecule has 0 aliphatic heterocycles. The number of rotatable bonds is 9. The lowest BCUT2D eigenvalue weighted by Gasteiger charge is -2.17. The SMILES string of the molecule is CCOc1cc(C(=O)NNC(=O)Cc2ccc3c(c2)CCC3)cc(OCC)c1OCC. The Labute approximate surface area is 183 Å². The van der Waals surface area contributed by atoms with E-state index in [9.17, 15) is 9.59 Å². The Kier molecular flexibility index (Phi) is 7.76. The van der Waals surface area contributed by atoms with Gasteiger partial charge in [0, 0.05) is 5.56 Å². The van der Waals surface area contributed by atoms with Crippen LogP contribution in [0.5, 0.6) is 17.2 Å². The van der Waals surface area contributed by atoms with E-state index in [0.717, 1.165) is 24.8 Å². The van der Waals surface area contributed by atoms with Gasteiger partial charge in [-0.25, -0.2) is 0 Å². The highest BCUT2D eigenvalue weighted by atomic mass is 16.5. The molecule has 0 unspecified atom stereocenters. The van der Waals surface area contributed by atoms with Gasteiger partial charge in [-0.2, -0.15) is 0 Å². The average Bonchev–Trinajstić information content (AvgIpc) is 3.22. The van der Waals surface area contributed by atoms with Crippen molar-refractivity contribution in [3.63, 3.8) is 0 Å². The third-order valence-electron chi connectivity index (χ3n) is 5.01. The van der Waals surface area contributed by atoms with E-state index in [2.05, 4.69) is 23.0 Å². The molecular weight excluding hydrogens is 396 g/mol. The second kappa shape index (κ2) is 10.7. The van der Waals surface area contributed by atoms with Crippen molar-refractivity contribution in [2.24, 2.45) is 0 Å². The van der Waals surface area contributed by atoms with Crippen molar-refractivity contribution in [3.8, 4) is 17.2 Å². The Hall–Kier alpha value is -3.22. The van der Waals surface area contributed by atoms with Gasteiger partial charge in [-0.05, 0) is 68.9 Å². The van der Waals surface area contributed by atoms with Crippen molar-refractivity contribution in [2.75, 3.05) is 19.8 Å².